The van der Waals surface area contributed by atoms with E-state index in [0.717, 1.165) is 0 Å². The predicted molar refractivity (Wildman–Crippen MR) is 88.0 cm³/mol. The zero-order chi connectivity index (χ0) is 17.3. The van der Waals surface area contributed by atoms with Crippen LogP contribution in [0.3, 0.4) is 0 Å². The smallest absolute Gasteiger partial charge is 0.325 e. The van der Waals surface area contributed by atoms with Crippen LogP contribution in [-0.2, 0) is 19.6 Å². The third kappa shape index (κ3) is 3.53. The van der Waals surface area contributed by atoms with Gasteiger partial charge in [0, 0.05) is 0 Å². The van der Waals surface area contributed by atoms with E-state index in [2.05, 4.69) is 9.71 Å². The molecule has 126 valence electrons. The number of hydrogen-bond donors (Lipinski definition) is 1. The van der Waals surface area contributed by atoms with Crippen LogP contribution in [-0.4, -0.2) is 50.9 Å². The van der Waals surface area contributed by atoms with Crippen molar-refractivity contribution in [2.45, 2.75) is 31.2 Å². The first-order chi connectivity index (χ1) is 10.7. The van der Waals surface area contributed by atoms with Crippen LogP contribution < -0.4 is 5.32 Å². The lowest BCUT2D eigenvalue weighted by molar-refractivity contribution is -0.154. The van der Waals surface area contributed by atoms with Crippen LogP contribution in [0.5, 0.6) is 0 Å². The second-order valence-electron chi connectivity index (χ2n) is 5.77. The van der Waals surface area contributed by atoms with Crippen LogP contribution in [0.2, 0.25) is 0 Å². The normalized spacial score (nSPS) is 16.3. The Morgan fingerprint density at radius 2 is 2.00 bits per heavy atom. The van der Waals surface area contributed by atoms with Crippen molar-refractivity contribution in [2.24, 2.45) is 4.40 Å². The molecule has 23 heavy (non-hydrogen) atoms. The number of benzene rings is 1. The summed E-state index contributed by atoms with van der Waals surface area (Å²) < 4.78 is 33.3. The Morgan fingerprint density at radius 1 is 1.35 bits per heavy atom. The molecule has 0 aliphatic carbocycles. The van der Waals surface area contributed by atoms with Crippen molar-refractivity contribution in [3.63, 3.8) is 0 Å². The van der Waals surface area contributed by atoms with E-state index in [-0.39, 0.29) is 29.9 Å². The SMILES string of the molecule is CCOC(=O)C(C)(C)N(C)CC1=NS(=O)(=O)c2ccccc2N1. The highest BCUT2D eigenvalue weighted by molar-refractivity contribution is 7.90. The summed E-state index contributed by atoms with van der Waals surface area (Å²) in [6.45, 7) is 5.63. The zero-order valence-corrected chi connectivity index (χ0v) is 14.5. The molecule has 0 aromatic heterocycles. The van der Waals surface area contributed by atoms with E-state index in [0.29, 0.717) is 5.69 Å². The Balaban J connectivity index is 2.22. The van der Waals surface area contributed by atoms with Gasteiger partial charge in [0.1, 0.15) is 16.3 Å². The molecule has 0 atom stereocenters. The Hall–Kier alpha value is -1.93. The molecule has 0 amide bonds. The average Bonchev–Trinajstić information content (AvgIpc) is 2.46. The number of esters is 1. The number of likely N-dealkylation sites (N-methyl/N-ethyl adjacent to an activating group) is 1. The van der Waals surface area contributed by atoms with E-state index in [1.807, 2.05) is 0 Å². The first-order valence-corrected chi connectivity index (χ1v) is 8.71. The van der Waals surface area contributed by atoms with Gasteiger partial charge in [0.05, 0.1) is 18.8 Å². The first-order valence-electron chi connectivity index (χ1n) is 7.27. The molecule has 1 aromatic carbocycles. The summed E-state index contributed by atoms with van der Waals surface area (Å²) in [6, 6.07) is 6.58. The van der Waals surface area contributed by atoms with Crippen molar-refractivity contribution in [2.75, 3.05) is 25.5 Å². The quantitative estimate of drug-likeness (QED) is 0.818. The minimum atomic E-state index is -3.73. The molecular formula is C15H21N3O4S. The van der Waals surface area contributed by atoms with Crippen molar-refractivity contribution in [1.29, 1.82) is 0 Å². The summed E-state index contributed by atoms with van der Waals surface area (Å²) in [5.41, 5.74) is -0.416. The number of rotatable bonds is 5. The number of carbonyl (C=O) groups excluding carboxylic acids is 1. The molecule has 0 fully saturated rings. The highest BCUT2D eigenvalue weighted by Gasteiger charge is 2.35. The summed E-state index contributed by atoms with van der Waals surface area (Å²) in [5, 5.41) is 3.00. The van der Waals surface area contributed by atoms with Crippen molar-refractivity contribution in [3.05, 3.63) is 24.3 Å². The molecule has 0 radical (unpaired) electrons. The Morgan fingerprint density at radius 3 is 2.65 bits per heavy atom. The van der Waals surface area contributed by atoms with Gasteiger partial charge in [-0.2, -0.15) is 8.42 Å². The van der Waals surface area contributed by atoms with E-state index in [1.165, 1.54) is 6.07 Å². The molecule has 7 nitrogen and oxygen atoms in total. The number of ether oxygens (including phenoxy) is 1. The molecule has 0 saturated heterocycles. The van der Waals surface area contributed by atoms with Gasteiger partial charge >= 0.3 is 5.97 Å². The van der Waals surface area contributed by atoms with Crippen molar-refractivity contribution in [1.82, 2.24) is 4.90 Å². The monoisotopic (exact) mass is 339 g/mol. The van der Waals surface area contributed by atoms with Crippen LogP contribution in [0.4, 0.5) is 5.69 Å². The maximum Gasteiger partial charge on any atom is 0.325 e. The first kappa shape index (κ1) is 17.4. The summed E-state index contributed by atoms with van der Waals surface area (Å²) in [4.78, 5) is 13.9. The standard InChI is InChI=1S/C15H21N3O4S/c1-5-22-14(19)15(2,3)18(4)10-13-16-11-8-6-7-9-12(11)23(20,21)17-13/h6-9H,5,10H2,1-4H3,(H,16,17). The van der Waals surface area contributed by atoms with E-state index in [9.17, 15) is 13.2 Å². The molecular weight excluding hydrogens is 318 g/mol. The van der Waals surface area contributed by atoms with Gasteiger partial charge in [-0.15, -0.1) is 4.40 Å². The lowest BCUT2D eigenvalue weighted by Crippen LogP contribution is -2.51. The molecule has 1 aromatic rings. The number of amidine groups is 1. The van der Waals surface area contributed by atoms with Crippen molar-refractivity contribution >= 4 is 27.5 Å². The zero-order valence-electron chi connectivity index (χ0n) is 13.7. The fourth-order valence-electron chi connectivity index (χ4n) is 2.12. The molecule has 1 aliphatic rings. The molecule has 0 unspecified atom stereocenters. The van der Waals surface area contributed by atoms with Gasteiger partial charge in [0.25, 0.3) is 10.0 Å². The molecule has 1 N–H and O–H groups in total. The molecule has 2 rings (SSSR count). The summed E-state index contributed by atoms with van der Waals surface area (Å²) in [5.74, 6) is -0.106. The number of carbonyl (C=O) groups is 1. The maximum absolute atomic E-state index is 12.2. The topological polar surface area (TPSA) is 88.1 Å². The van der Waals surface area contributed by atoms with Gasteiger partial charge in [-0.25, -0.2) is 0 Å². The van der Waals surface area contributed by atoms with Crippen LogP contribution >= 0.6 is 0 Å². The van der Waals surface area contributed by atoms with E-state index >= 15 is 0 Å². The molecule has 0 saturated carbocycles. The number of nitrogens with zero attached hydrogens (tertiary/aromatic N) is 2. The number of fused-ring (bicyclic) bond motifs is 1. The second-order valence-corrected chi connectivity index (χ2v) is 7.34. The highest BCUT2D eigenvalue weighted by atomic mass is 32.2. The van der Waals surface area contributed by atoms with Crippen LogP contribution in [0, 0.1) is 0 Å². The Kier molecular flexibility index (Phi) is 4.76. The molecule has 1 heterocycles. The highest BCUT2D eigenvalue weighted by Crippen LogP contribution is 2.27. The van der Waals surface area contributed by atoms with E-state index < -0.39 is 15.6 Å². The van der Waals surface area contributed by atoms with E-state index in [4.69, 9.17) is 4.74 Å². The summed E-state index contributed by atoms with van der Waals surface area (Å²) >= 11 is 0. The third-order valence-corrected chi connectivity index (χ3v) is 5.16. The van der Waals surface area contributed by atoms with Gasteiger partial charge in [-0.1, -0.05) is 12.1 Å². The molecule has 1 aliphatic heterocycles. The number of hydrogen-bond acceptors (Lipinski definition) is 6. The van der Waals surface area contributed by atoms with Gasteiger partial charge in [-0.05, 0) is 40.0 Å². The van der Waals surface area contributed by atoms with Crippen LogP contribution in [0.25, 0.3) is 0 Å². The number of anilines is 1. The molecule has 8 heteroatoms. The fraction of sp³-hybridized carbons (Fsp3) is 0.467. The average molecular weight is 339 g/mol. The third-order valence-electron chi connectivity index (χ3n) is 3.79. The van der Waals surface area contributed by atoms with Crippen molar-refractivity contribution in [3.8, 4) is 0 Å². The minimum Gasteiger partial charge on any atom is -0.465 e. The Labute approximate surface area is 136 Å². The lowest BCUT2D eigenvalue weighted by atomic mass is 10.0. The van der Waals surface area contributed by atoms with Crippen molar-refractivity contribution < 1.29 is 17.9 Å². The van der Waals surface area contributed by atoms with E-state index in [1.54, 1.807) is 50.9 Å². The predicted octanol–water partition coefficient (Wildman–Crippen LogP) is 1.47. The second kappa shape index (κ2) is 6.29. The fourth-order valence-corrected chi connectivity index (χ4v) is 3.26. The summed E-state index contributed by atoms with van der Waals surface area (Å²) in [6.07, 6.45) is 0. The van der Waals surface area contributed by atoms with Gasteiger partial charge < -0.3 is 10.1 Å². The van der Waals surface area contributed by atoms with Gasteiger partial charge in [0.2, 0.25) is 0 Å². The number of sulfonamides is 1. The largest absolute Gasteiger partial charge is 0.465 e. The minimum absolute atomic E-state index is 0.149. The van der Waals surface area contributed by atoms with Gasteiger partial charge in [-0.3, -0.25) is 9.69 Å². The lowest BCUT2D eigenvalue weighted by Gasteiger charge is -2.33. The number of nitrogens with one attached hydrogen (secondary N) is 1. The summed E-state index contributed by atoms with van der Waals surface area (Å²) in [7, 11) is -2.01. The molecule has 0 bridgehead atoms. The van der Waals surface area contributed by atoms with Gasteiger partial charge in [0.15, 0.2) is 0 Å². The maximum atomic E-state index is 12.2. The molecule has 0 spiro atoms. The Bertz CT molecular complexity index is 741. The van der Waals surface area contributed by atoms with Crippen LogP contribution in [0.1, 0.15) is 20.8 Å². The van der Waals surface area contributed by atoms with Crippen LogP contribution in [0.15, 0.2) is 33.6 Å². The number of para-hydroxylation sites is 1.